The highest BCUT2D eigenvalue weighted by Gasteiger charge is 2.20. The molecule has 0 atom stereocenters. The van der Waals surface area contributed by atoms with Gasteiger partial charge in [-0.25, -0.2) is 0 Å². The maximum Gasteiger partial charge on any atom is 0.265 e. The van der Waals surface area contributed by atoms with Gasteiger partial charge in [0.2, 0.25) is 0 Å². The van der Waals surface area contributed by atoms with Crippen molar-refractivity contribution in [3.8, 4) is 0 Å². The molecule has 0 N–H and O–H groups in total. The summed E-state index contributed by atoms with van der Waals surface area (Å²) in [6.45, 7) is 3.67. The maximum absolute atomic E-state index is 12.1. The molecule has 2 nitrogen and oxygen atoms in total. The van der Waals surface area contributed by atoms with Crippen LogP contribution in [0.4, 0.5) is 0 Å². The predicted octanol–water partition coefficient (Wildman–Crippen LogP) is 3.30. The Hall–Kier alpha value is -0.610. The van der Waals surface area contributed by atoms with Gasteiger partial charge < -0.3 is 4.90 Å². The molecule has 0 fully saturated rings. The van der Waals surface area contributed by atoms with Crippen LogP contribution in [0.25, 0.3) is 0 Å². The highest BCUT2D eigenvalue weighted by molar-refractivity contribution is 9.10. The van der Waals surface area contributed by atoms with Gasteiger partial charge in [0.15, 0.2) is 0 Å². The lowest BCUT2D eigenvalue weighted by Gasteiger charge is -2.25. The van der Waals surface area contributed by atoms with Gasteiger partial charge in [0.25, 0.3) is 5.91 Å². The van der Waals surface area contributed by atoms with Crippen molar-refractivity contribution < 1.29 is 4.79 Å². The van der Waals surface area contributed by atoms with E-state index in [4.69, 9.17) is 0 Å². The molecule has 0 saturated heterocycles. The molecule has 15 heavy (non-hydrogen) atoms. The SMILES string of the molecule is CC1=CCCN(C(=O)c2sccc2Br)C1. The highest BCUT2D eigenvalue weighted by Crippen LogP contribution is 2.25. The van der Waals surface area contributed by atoms with Crippen molar-refractivity contribution in [1.29, 1.82) is 0 Å². The fraction of sp³-hybridized carbons (Fsp3) is 0.364. The molecule has 0 radical (unpaired) electrons. The quantitative estimate of drug-likeness (QED) is 0.725. The second-order valence-electron chi connectivity index (χ2n) is 3.66. The van der Waals surface area contributed by atoms with Crippen LogP contribution in [-0.4, -0.2) is 23.9 Å². The van der Waals surface area contributed by atoms with Crippen LogP contribution >= 0.6 is 27.3 Å². The van der Waals surface area contributed by atoms with Crippen molar-refractivity contribution >= 4 is 33.2 Å². The largest absolute Gasteiger partial charge is 0.334 e. The second-order valence-corrected chi connectivity index (χ2v) is 5.43. The van der Waals surface area contributed by atoms with E-state index in [-0.39, 0.29) is 5.91 Å². The minimum Gasteiger partial charge on any atom is -0.334 e. The monoisotopic (exact) mass is 285 g/mol. The van der Waals surface area contributed by atoms with Crippen molar-refractivity contribution in [1.82, 2.24) is 4.90 Å². The Morgan fingerprint density at radius 1 is 1.60 bits per heavy atom. The third kappa shape index (κ3) is 2.32. The van der Waals surface area contributed by atoms with E-state index in [1.807, 2.05) is 16.3 Å². The number of amides is 1. The number of halogens is 1. The lowest BCUT2D eigenvalue weighted by Crippen LogP contribution is -2.35. The molecule has 0 unspecified atom stereocenters. The van der Waals surface area contributed by atoms with Gasteiger partial charge in [0.1, 0.15) is 4.88 Å². The smallest absolute Gasteiger partial charge is 0.265 e. The molecular formula is C11H12BrNOS. The van der Waals surface area contributed by atoms with Crippen LogP contribution in [0.1, 0.15) is 23.0 Å². The van der Waals surface area contributed by atoms with Crippen LogP contribution in [0.5, 0.6) is 0 Å². The van der Waals surface area contributed by atoms with Gasteiger partial charge in [-0.05, 0) is 40.7 Å². The zero-order valence-corrected chi connectivity index (χ0v) is 10.9. The molecule has 1 aliphatic heterocycles. The number of rotatable bonds is 1. The molecule has 0 aromatic carbocycles. The Kier molecular flexibility index (Phi) is 3.26. The van der Waals surface area contributed by atoms with Crippen molar-refractivity contribution in [3.63, 3.8) is 0 Å². The summed E-state index contributed by atoms with van der Waals surface area (Å²) >= 11 is 4.89. The van der Waals surface area contributed by atoms with Crippen molar-refractivity contribution in [3.05, 3.63) is 32.4 Å². The minimum atomic E-state index is 0.143. The number of hydrogen-bond donors (Lipinski definition) is 0. The van der Waals surface area contributed by atoms with Crippen molar-refractivity contribution in [2.45, 2.75) is 13.3 Å². The molecule has 80 valence electrons. The molecule has 2 rings (SSSR count). The Bertz CT molecular complexity index is 410. The molecule has 0 spiro atoms. The number of nitrogens with zero attached hydrogens (tertiary/aromatic N) is 1. The average Bonchev–Trinajstić information content (AvgIpc) is 2.63. The maximum atomic E-state index is 12.1. The summed E-state index contributed by atoms with van der Waals surface area (Å²) in [4.78, 5) is 14.8. The Labute approximate surface area is 102 Å². The highest BCUT2D eigenvalue weighted by atomic mass is 79.9. The van der Waals surface area contributed by atoms with E-state index in [0.717, 1.165) is 28.9 Å². The standard InChI is InChI=1S/C11H12BrNOS/c1-8-3-2-5-13(7-8)11(14)10-9(12)4-6-15-10/h3-4,6H,2,5,7H2,1H3. The first kappa shape index (κ1) is 10.9. The first-order valence-corrected chi connectivity index (χ1v) is 6.53. The van der Waals surface area contributed by atoms with Crippen LogP contribution in [0, 0.1) is 0 Å². The van der Waals surface area contributed by atoms with Crippen LogP contribution < -0.4 is 0 Å². The second kappa shape index (κ2) is 4.49. The van der Waals surface area contributed by atoms with Gasteiger partial charge in [-0.15, -0.1) is 11.3 Å². The number of carbonyl (C=O) groups is 1. The summed E-state index contributed by atoms with van der Waals surface area (Å²) in [5.74, 6) is 0.143. The lowest BCUT2D eigenvalue weighted by atomic mass is 10.1. The van der Waals surface area contributed by atoms with Crippen LogP contribution in [0.2, 0.25) is 0 Å². The Morgan fingerprint density at radius 2 is 2.40 bits per heavy atom. The van der Waals surface area contributed by atoms with E-state index in [0.29, 0.717) is 0 Å². The number of carbonyl (C=O) groups excluding carboxylic acids is 1. The summed E-state index contributed by atoms with van der Waals surface area (Å²) in [6.07, 6.45) is 3.17. The topological polar surface area (TPSA) is 20.3 Å². The summed E-state index contributed by atoms with van der Waals surface area (Å²) in [6, 6.07) is 1.92. The number of thiophene rings is 1. The zero-order chi connectivity index (χ0) is 10.8. The van der Waals surface area contributed by atoms with Gasteiger partial charge in [0, 0.05) is 17.6 Å². The molecule has 1 amide bonds. The van der Waals surface area contributed by atoms with E-state index < -0.39 is 0 Å². The van der Waals surface area contributed by atoms with Gasteiger partial charge in [-0.1, -0.05) is 11.6 Å². The van der Waals surface area contributed by atoms with Gasteiger partial charge in [0.05, 0.1) is 0 Å². The third-order valence-corrected chi connectivity index (χ3v) is 4.26. The summed E-state index contributed by atoms with van der Waals surface area (Å²) < 4.78 is 0.907. The predicted molar refractivity (Wildman–Crippen MR) is 66.3 cm³/mol. The van der Waals surface area contributed by atoms with Crippen molar-refractivity contribution in [2.75, 3.05) is 13.1 Å². The summed E-state index contributed by atoms with van der Waals surface area (Å²) in [7, 11) is 0. The van der Waals surface area contributed by atoms with Crippen LogP contribution in [0.3, 0.4) is 0 Å². The van der Waals surface area contributed by atoms with Gasteiger partial charge in [-0.3, -0.25) is 4.79 Å². The molecule has 0 aliphatic carbocycles. The summed E-state index contributed by atoms with van der Waals surface area (Å²) in [5.41, 5.74) is 1.28. The third-order valence-electron chi connectivity index (χ3n) is 2.43. The van der Waals surface area contributed by atoms with E-state index >= 15 is 0 Å². The first-order valence-electron chi connectivity index (χ1n) is 4.86. The zero-order valence-electron chi connectivity index (χ0n) is 8.50. The Balaban J connectivity index is 2.16. The number of hydrogen-bond acceptors (Lipinski definition) is 2. The molecule has 1 aliphatic rings. The molecule has 4 heteroatoms. The normalized spacial score (nSPS) is 16.4. The van der Waals surface area contributed by atoms with Gasteiger partial charge >= 0.3 is 0 Å². The average molecular weight is 286 g/mol. The van der Waals surface area contributed by atoms with E-state index in [9.17, 15) is 4.79 Å². The molecule has 2 heterocycles. The van der Waals surface area contributed by atoms with Crippen LogP contribution in [0.15, 0.2) is 27.6 Å². The molecule has 1 aromatic rings. The van der Waals surface area contributed by atoms with Gasteiger partial charge in [-0.2, -0.15) is 0 Å². The minimum absolute atomic E-state index is 0.143. The lowest BCUT2D eigenvalue weighted by molar-refractivity contribution is 0.0770. The summed E-state index contributed by atoms with van der Waals surface area (Å²) in [5, 5.41) is 1.93. The first-order chi connectivity index (χ1) is 7.18. The van der Waals surface area contributed by atoms with E-state index in [2.05, 4.69) is 28.9 Å². The fourth-order valence-corrected chi connectivity index (χ4v) is 3.18. The molecular weight excluding hydrogens is 274 g/mol. The Morgan fingerprint density at radius 3 is 3.00 bits per heavy atom. The molecule has 0 saturated carbocycles. The fourth-order valence-electron chi connectivity index (χ4n) is 1.67. The molecule has 1 aromatic heterocycles. The van der Waals surface area contributed by atoms with E-state index in [1.165, 1.54) is 16.9 Å². The molecule has 0 bridgehead atoms. The van der Waals surface area contributed by atoms with Crippen LogP contribution in [-0.2, 0) is 0 Å². The van der Waals surface area contributed by atoms with E-state index in [1.54, 1.807) is 0 Å². The van der Waals surface area contributed by atoms with Crippen molar-refractivity contribution in [2.24, 2.45) is 0 Å².